The maximum absolute atomic E-state index is 12.5. The summed E-state index contributed by atoms with van der Waals surface area (Å²) in [5.41, 5.74) is 4.51. The minimum atomic E-state index is -5.08. The minimum absolute atomic E-state index is 0.0267. The predicted molar refractivity (Wildman–Crippen MR) is 115 cm³/mol. The van der Waals surface area contributed by atoms with Crippen LogP contribution in [0, 0.1) is 0 Å². The third-order valence-electron chi connectivity index (χ3n) is 5.35. The molecular weight excluding hydrogens is 439 g/mol. The van der Waals surface area contributed by atoms with E-state index in [0.717, 1.165) is 43.8 Å². The van der Waals surface area contributed by atoms with Gasteiger partial charge in [0.25, 0.3) is 5.91 Å². The van der Waals surface area contributed by atoms with Crippen molar-refractivity contribution in [2.24, 2.45) is 0 Å². The van der Waals surface area contributed by atoms with Gasteiger partial charge in [-0.15, -0.1) is 0 Å². The van der Waals surface area contributed by atoms with E-state index in [1.54, 1.807) is 0 Å². The summed E-state index contributed by atoms with van der Waals surface area (Å²) in [4.78, 5) is 21.4. The van der Waals surface area contributed by atoms with Crippen LogP contribution in [0.1, 0.15) is 39.5 Å². The van der Waals surface area contributed by atoms with Gasteiger partial charge < -0.3 is 25.8 Å². The van der Waals surface area contributed by atoms with E-state index < -0.39 is 12.1 Å². The van der Waals surface area contributed by atoms with Crippen molar-refractivity contribution in [1.82, 2.24) is 16.0 Å². The number of aliphatic carboxylic acids is 1. The second kappa shape index (κ2) is 11.2. The number of alkyl halides is 3. The number of carboxylic acids is 1. The number of rotatable bonds is 4. The van der Waals surface area contributed by atoms with Crippen molar-refractivity contribution >= 4 is 11.9 Å². The summed E-state index contributed by atoms with van der Waals surface area (Å²) in [5.74, 6) is -1.91. The van der Waals surface area contributed by atoms with Crippen molar-refractivity contribution in [3.05, 3.63) is 64.7 Å². The number of fused-ring (bicyclic) bond motifs is 2. The Balaban J connectivity index is 0.000000383. The summed E-state index contributed by atoms with van der Waals surface area (Å²) in [5, 5.41) is 17.0. The number of carbonyl (C=O) groups is 2. The molecule has 2 aromatic rings. The lowest BCUT2D eigenvalue weighted by molar-refractivity contribution is -0.192. The molecule has 4 rings (SSSR count). The number of hydrogen-bond acceptors (Lipinski definition) is 5. The molecule has 2 heterocycles. The standard InChI is InChI=1S/C21H25N3O2.C2HF3O2/c25-21(16-5-6-20-17(13-16)14-22-11-12-26-20)24-10-8-19-18-4-2-1-3-15(18)7-9-23-19;3-2(4,5)1(6)7/h1-6,13,19,22-23H,7-12,14H2,(H,24,25);(H,6,7). The molecule has 1 amide bonds. The van der Waals surface area contributed by atoms with E-state index in [2.05, 4.69) is 40.2 Å². The minimum Gasteiger partial charge on any atom is -0.492 e. The van der Waals surface area contributed by atoms with Crippen LogP contribution in [0.25, 0.3) is 0 Å². The zero-order valence-electron chi connectivity index (χ0n) is 17.9. The van der Waals surface area contributed by atoms with Crippen LogP contribution in [0.2, 0.25) is 0 Å². The summed E-state index contributed by atoms with van der Waals surface area (Å²) in [6, 6.07) is 14.6. The zero-order valence-corrected chi connectivity index (χ0v) is 17.9. The first-order chi connectivity index (χ1) is 15.8. The topological polar surface area (TPSA) is 99.7 Å². The summed E-state index contributed by atoms with van der Waals surface area (Å²) in [6.45, 7) is 3.86. The molecule has 33 heavy (non-hydrogen) atoms. The lowest BCUT2D eigenvalue weighted by atomic mass is 9.92. The number of benzene rings is 2. The van der Waals surface area contributed by atoms with Gasteiger partial charge in [0, 0.05) is 36.8 Å². The lowest BCUT2D eigenvalue weighted by Gasteiger charge is -2.27. The van der Waals surface area contributed by atoms with Gasteiger partial charge in [0.15, 0.2) is 0 Å². The van der Waals surface area contributed by atoms with Gasteiger partial charge in [-0.3, -0.25) is 4.79 Å². The van der Waals surface area contributed by atoms with E-state index in [-0.39, 0.29) is 5.91 Å². The van der Waals surface area contributed by atoms with Gasteiger partial charge in [0.05, 0.1) is 0 Å². The van der Waals surface area contributed by atoms with Crippen LogP contribution in [-0.4, -0.2) is 49.4 Å². The molecule has 0 aliphatic carbocycles. The molecule has 4 N–H and O–H groups in total. The molecule has 2 aromatic carbocycles. The lowest BCUT2D eigenvalue weighted by Crippen LogP contribution is -2.33. The van der Waals surface area contributed by atoms with Crippen molar-refractivity contribution in [3.8, 4) is 5.75 Å². The van der Waals surface area contributed by atoms with E-state index in [9.17, 15) is 18.0 Å². The highest BCUT2D eigenvalue weighted by molar-refractivity contribution is 5.94. The Bertz CT molecular complexity index is 982. The molecule has 1 unspecified atom stereocenters. The molecule has 0 aromatic heterocycles. The Labute approximate surface area is 189 Å². The first kappa shape index (κ1) is 24.5. The molecule has 0 fully saturated rings. The average Bonchev–Trinajstić information content (AvgIpc) is 3.04. The van der Waals surface area contributed by atoms with Crippen LogP contribution < -0.4 is 20.7 Å². The van der Waals surface area contributed by atoms with Crippen molar-refractivity contribution < 1.29 is 32.6 Å². The van der Waals surface area contributed by atoms with Gasteiger partial charge >= 0.3 is 12.1 Å². The SMILES string of the molecule is O=C(NCCC1NCCc2ccccc21)c1ccc2c(c1)CNCCO2.O=C(O)C(F)(F)F. The Kier molecular flexibility index (Phi) is 8.29. The molecule has 0 radical (unpaired) electrons. The summed E-state index contributed by atoms with van der Waals surface area (Å²) >= 11 is 0. The Hall–Kier alpha value is -3.11. The number of halogens is 3. The molecule has 2 aliphatic heterocycles. The molecule has 2 aliphatic rings. The second-order valence-corrected chi connectivity index (χ2v) is 7.65. The third-order valence-corrected chi connectivity index (χ3v) is 5.35. The van der Waals surface area contributed by atoms with Gasteiger partial charge in [0.2, 0.25) is 0 Å². The second-order valence-electron chi connectivity index (χ2n) is 7.65. The summed E-state index contributed by atoms with van der Waals surface area (Å²) in [6.07, 6.45) is -3.12. The summed E-state index contributed by atoms with van der Waals surface area (Å²) < 4.78 is 37.4. The molecule has 0 saturated heterocycles. The predicted octanol–water partition coefficient (Wildman–Crippen LogP) is 2.81. The number of nitrogens with one attached hydrogen (secondary N) is 3. The van der Waals surface area contributed by atoms with Crippen LogP contribution >= 0.6 is 0 Å². The van der Waals surface area contributed by atoms with E-state index in [4.69, 9.17) is 14.6 Å². The quantitative estimate of drug-likeness (QED) is 0.554. The largest absolute Gasteiger partial charge is 0.492 e. The molecule has 0 spiro atoms. The highest BCUT2D eigenvalue weighted by Crippen LogP contribution is 2.25. The van der Waals surface area contributed by atoms with Crippen LogP contribution in [0.4, 0.5) is 13.2 Å². The van der Waals surface area contributed by atoms with Gasteiger partial charge in [0.1, 0.15) is 12.4 Å². The fraction of sp³-hybridized carbons (Fsp3) is 0.391. The molecule has 0 bridgehead atoms. The average molecular weight is 465 g/mol. The molecule has 10 heteroatoms. The van der Waals surface area contributed by atoms with Crippen molar-refractivity contribution in [2.45, 2.75) is 31.6 Å². The Morgan fingerprint density at radius 1 is 1.12 bits per heavy atom. The van der Waals surface area contributed by atoms with Crippen LogP contribution in [0.15, 0.2) is 42.5 Å². The fourth-order valence-corrected chi connectivity index (χ4v) is 3.74. The number of hydrogen-bond donors (Lipinski definition) is 4. The van der Waals surface area contributed by atoms with Crippen LogP contribution in [-0.2, 0) is 17.8 Å². The van der Waals surface area contributed by atoms with Gasteiger partial charge in [-0.2, -0.15) is 13.2 Å². The van der Waals surface area contributed by atoms with Crippen molar-refractivity contribution in [3.63, 3.8) is 0 Å². The molecule has 7 nitrogen and oxygen atoms in total. The maximum Gasteiger partial charge on any atom is 0.490 e. The molecular formula is C23H26F3N3O4. The first-order valence-electron chi connectivity index (χ1n) is 10.6. The maximum atomic E-state index is 12.5. The fourth-order valence-electron chi connectivity index (χ4n) is 3.74. The summed E-state index contributed by atoms with van der Waals surface area (Å²) in [7, 11) is 0. The van der Waals surface area contributed by atoms with Crippen LogP contribution in [0.3, 0.4) is 0 Å². The van der Waals surface area contributed by atoms with E-state index in [1.807, 2.05) is 18.2 Å². The molecule has 0 saturated carbocycles. The van der Waals surface area contributed by atoms with E-state index in [1.165, 1.54) is 11.1 Å². The van der Waals surface area contributed by atoms with Crippen molar-refractivity contribution in [1.29, 1.82) is 0 Å². The highest BCUT2D eigenvalue weighted by Gasteiger charge is 2.38. The monoisotopic (exact) mass is 465 g/mol. The highest BCUT2D eigenvalue weighted by atomic mass is 19.4. The number of amides is 1. The van der Waals surface area contributed by atoms with Crippen LogP contribution in [0.5, 0.6) is 5.75 Å². The van der Waals surface area contributed by atoms with Gasteiger partial charge in [-0.1, -0.05) is 24.3 Å². The number of carboxylic acid groups (broad SMARTS) is 1. The Morgan fingerprint density at radius 3 is 2.64 bits per heavy atom. The van der Waals surface area contributed by atoms with Gasteiger partial charge in [-0.05, 0) is 48.7 Å². The number of ether oxygens (including phenoxy) is 1. The van der Waals surface area contributed by atoms with E-state index in [0.29, 0.717) is 24.8 Å². The van der Waals surface area contributed by atoms with Gasteiger partial charge in [-0.25, -0.2) is 4.79 Å². The normalized spacial score (nSPS) is 17.2. The number of carbonyl (C=O) groups excluding carboxylic acids is 1. The molecule has 178 valence electrons. The smallest absolute Gasteiger partial charge is 0.490 e. The third kappa shape index (κ3) is 6.93. The Morgan fingerprint density at radius 2 is 1.88 bits per heavy atom. The first-order valence-corrected chi connectivity index (χ1v) is 10.6. The zero-order chi connectivity index (χ0) is 23.8. The molecule has 1 atom stereocenters. The van der Waals surface area contributed by atoms with E-state index >= 15 is 0 Å². The van der Waals surface area contributed by atoms with Crippen molar-refractivity contribution in [2.75, 3.05) is 26.2 Å².